The number of nitrogens with zero attached hydrogens (tertiary/aromatic N) is 3. The first-order valence-electron chi connectivity index (χ1n) is 10.0. The summed E-state index contributed by atoms with van der Waals surface area (Å²) in [5.74, 6) is -0.344. The lowest BCUT2D eigenvalue weighted by Gasteiger charge is -2.19. The molecular weight excluding hydrogens is 426 g/mol. The van der Waals surface area contributed by atoms with E-state index in [4.69, 9.17) is 4.74 Å². The minimum Gasteiger partial charge on any atom is -0.444 e. The third kappa shape index (κ3) is 4.94. The van der Waals surface area contributed by atoms with Gasteiger partial charge in [0.1, 0.15) is 11.2 Å². The van der Waals surface area contributed by atoms with Crippen LogP contribution in [0.15, 0.2) is 65.4 Å². The number of hydrogen-bond donors (Lipinski definition) is 2. The Kier molecular flexibility index (Phi) is 5.91. The molecule has 0 bridgehead atoms. The van der Waals surface area contributed by atoms with Crippen molar-refractivity contribution < 1.29 is 14.3 Å². The molecule has 0 spiro atoms. The van der Waals surface area contributed by atoms with Crippen LogP contribution in [0, 0.1) is 0 Å². The van der Waals surface area contributed by atoms with Gasteiger partial charge in [-0.2, -0.15) is 4.99 Å². The van der Waals surface area contributed by atoms with Crippen LogP contribution in [0.25, 0.3) is 16.7 Å². The highest BCUT2D eigenvalue weighted by Crippen LogP contribution is 2.17. The van der Waals surface area contributed by atoms with Gasteiger partial charge in [0.05, 0.1) is 5.56 Å². The predicted molar refractivity (Wildman–Crippen MR) is 123 cm³/mol. The molecule has 0 aliphatic rings. The molecule has 1 aromatic carbocycles. The van der Waals surface area contributed by atoms with Crippen LogP contribution < -0.4 is 10.1 Å². The molecule has 4 rings (SSSR count). The zero-order chi connectivity index (χ0) is 22.7. The molecule has 0 saturated heterocycles. The number of pyridine rings is 1. The van der Waals surface area contributed by atoms with Crippen molar-refractivity contribution in [2.75, 3.05) is 0 Å². The number of carbonyl (C=O) groups is 2. The molecule has 8 nitrogen and oxygen atoms in total. The summed E-state index contributed by atoms with van der Waals surface area (Å²) in [4.78, 5) is 36.9. The first-order valence-corrected chi connectivity index (χ1v) is 10.9. The number of amides is 2. The lowest BCUT2D eigenvalue weighted by Crippen LogP contribution is -2.32. The quantitative estimate of drug-likeness (QED) is 0.488. The fourth-order valence-corrected chi connectivity index (χ4v) is 3.85. The van der Waals surface area contributed by atoms with Gasteiger partial charge in [-0.05, 0) is 50.6 Å². The number of thiazole rings is 1. The SMILES string of the molecule is CC(C)(C)OC(=O)NCc1cccc(-n2ccs/c2=N\C(=O)c2c[nH]c3ncccc23)c1. The molecular formula is C23H23N5O3S. The molecule has 0 saturated carbocycles. The van der Waals surface area contributed by atoms with Gasteiger partial charge in [0.15, 0.2) is 4.80 Å². The molecule has 164 valence electrons. The van der Waals surface area contributed by atoms with Crippen molar-refractivity contribution in [2.45, 2.75) is 32.9 Å². The third-order valence-electron chi connectivity index (χ3n) is 4.49. The Morgan fingerprint density at radius 2 is 2.09 bits per heavy atom. The molecule has 3 aromatic heterocycles. The monoisotopic (exact) mass is 449 g/mol. The molecule has 2 amide bonds. The molecule has 3 heterocycles. The van der Waals surface area contributed by atoms with Crippen molar-refractivity contribution in [3.63, 3.8) is 0 Å². The van der Waals surface area contributed by atoms with Gasteiger partial charge in [-0.1, -0.05) is 12.1 Å². The average Bonchev–Trinajstić information content (AvgIpc) is 3.38. The van der Waals surface area contributed by atoms with Crippen molar-refractivity contribution in [3.05, 3.63) is 76.3 Å². The number of fused-ring (bicyclic) bond motifs is 1. The maximum Gasteiger partial charge on any atom is 0.407 e. The maximum atomic E-state index is 12.8. The minimum atomic E-state index is -0.553. The first kappa shape index (κ1) is 21.5. The fourth-order valence-electron chi connectivity index (χ4n) is 3.13. The topological polar surface area (TPSA) is 101 Å². The highest BCUT2D eigenvalue weighted by atomic mass is 32.1. The van der Waals surface area contributed by atoms with Crippen LogP contribution in [0.2, 0.25) is 0 Å². The number of alkyl carbamates (subject to hydrolysis) is 1. The molecule has 2 N–H and O–H groups in total. The largest absolute Gasteiger partial charge is 0.444 e. The van der Waals surface area contributed by atoms with Crippen molar-refractivity contribution in [1.82, 2.24) is 19.9 Å². The molecule has 0 fully saturated rings. The number of nitrogens with one attached hydrogen (secondary N) is 2. The lowest BCUT2D eigenvalue weighted by molar-refractivity contribution is 0.0523. The van der Waals surface area contributed by atoms with Crippen LogP contribution in [-0.4, -0.2) is 32.1 Å². The van der Waals surface area contributed by atoms with Crippen LogP contribution in [0.4, 0.5) is 4.79 Å². The minimum absolute atomic E-state index is 0.321. The Balaban J connectivity index is 1.56. The number of aromatic amines is 1. The number of hydrogen-bond acceptors (Lipinski definition) is 5. The van der Waals surface area contributed by atoms with E-state index in [0.717, 1.165) is 16.6 Å². The Morgan fingerprint density at radius 3 is 2.91 bits per heavy atom. The first-order chi connectivity index (χ1) is 15.3. The van der Waals surface area contributed by atoms with Crippen molar-refractivity contribution in [1.29, 1.82) is 0 Å². The zero-order valence-corrected chi connectivity index (χ0v) is 18.8. The van der Waals surface area contributed by atoms with E-state index >= 15 is 0 Å². The van der Waals surface area contributed by atoms with Crippen molar-refractivity contribution in [3.8, 4) is 5.69 Å². The van der Waals surface area contributed by atoms with Crippen LogP contribution in [0.1, 0.15) is 36.7 Å². The van der Waals surface area contributed by atoms with Crippen molar-refractivity contribution >= 4 is 34.4 Å². The predicted octanol–water partition coefficient (Wildman–Crippen LogP) is 4.18. The van der Waals surface area contributed by atoms with E-state index < -0.39 is 11.7 Å². The van der Waals surface area contributed by atoms with Crippen LogP contribution in [-0.2, 0) is 11.3 Å². The molecule has 32 heavy (non-hydrogen) atoms. The summed E-state index contributed by atoms with van der Waals surface area (Å²) in [7, 11) is 0. The fraction of sp³-hybridized carbons (Fsp3) is 0.217. The molecule has 0 unspecified atom stereocenters. The molecule has 9 heteroatoms. The van der Waals surface area contributed by atoms with Gasteiger partial charge in [0.2, 0.25) is 0 Å². The van der Waals surface area contributed by atoms with Gasteiger partial charge in [-0.3, -0.25) is 9.36 Å². The second kappa shape index (κ2) is 8.80. The van der Waals surface area contributed by atoms with E-state index in [1.807, 2.05) is 67.2 Å². The van der Waals surface area contributed by atoms with E-state index in [0.29, 0.717) is 22.6 Å². The third-order valence-corrected chi connectivity index (χ3v) is 5.25. The average molecular weight is 450 g/mol. The van der Waals surface area contributed by atoms with Crippen LogP contribution in [0.5, 0.6) is 0 Å². The van der Waals surface area contributed by atoms with Gasteiger partial charge in [0, 0.05) is 41.6 Å². The summed E-state index contributed by atoms with van der Waals surface area (Å²) >= 11 is 1.37. The van der Waals surface area contributed by atoms with Gasteiger partial charge >= 0.3 is 6.09 Å². The second-order valence-electron chi connectivity index (χ2n) is 8.10. The molecule has 0 aliphatic carbocycles. The van der Waals surface area contributed by atoms with Gasteiger partial charge < -0.3 is 15.0 Å². The Bertz CT molecular complexity index is 1340. The summed E-state index contributed by atoms with van der Waals surface area (Å²) in [6.07, 6.45) is 4.68. The maximum absolute atomic E-state index is 12.8. The lowest BCUT2D eigenvalue weighted by atomic mass is 10.2. The van der Waals surface area contributed by atoms with E-state index in [1.165, 1.54) is 11.3 Å². The second-order valence-corrected chi connectivity index (χ2v) is 8.97. The Labute approximate surface area is 188 Å². The smallest absolute Gasteiger partial charge is 0.407 e. The van der Waals surface area contributed by atoms with E-state index in [2.05, 4.69) is 20.3 Å². The standard InChI is InChI=1S/C23H23N5O3S/c1-23(2,3)31-22(30)26-13-15-6-4-7-16(12-15)28-10-11-32-21(28)27-20(29)18-14-25-19-17(18)8-5-9-24-19/h4-12,14H,13H2,1-3H3,(H,24,25)(H,26,30)/b27-21-. The summed E-state index contributed by atoms with van der Waals surface area (Å²) < 4.78 is 7.12. The summed E-state index contributed by atoms with van der Waals surface area (Å²) in [5.41, 5.74) is 2.30. The zero-order valence-electron chi connectivity index (χ0n) is 18.0. The molecule has 0 atom stereocenters. The van der Waals surface area contributed by atoms with E-state index in [1.54, 1.807) is 18.5 Å². The Hall–Kier alpha value is -3.72. The number of aromatic nitrogens is 3. The molecule has 4 aromatic rings. The van der Waals surface area contributed by atoms with Crippen molar-refractivity contribution in [2.24, 2.45) is 4.99 Å². The summed E-state index contributed by atoms with van der Waals surface area (Å²) in [6, 6.07) is 11.3. The molecule has 0 radical (unpaired) electrons. The Morgan fingerprint density at radius 1 is 1.25 bits per heavy atom. The number of benzene rings is 1. The number of rotatable bonds is 4. The number of ether oxygens (including phenoxy) is 1. The van der Waals surface area contributed by atoms with Gasteiger partial charge in [0.25, 0.3) is 5.91 Å². The van der Waals surface area contributed by atoms with E-state index in [-0.39, 0.29) is 5.91 Å². The molecule has 0 aliphatic heterocycles. The number of carbonyl (C=O) groups excluding carboxylic acids is 2. The summed E-state index contributed by atoms with van der Waals surface area (Å²) in [5, 5.41) is 5.36. The normalized spacial score (nSPS) is 12.2. The van der Waals surface area contributed by atoms with E-state index in [9.17, 15) is 9.59 Å². The van der Waals surface area contributed by atoms with Gasteiger partial charge in [-0.15, -0.1) is 11.3 Å². The van der Waals surface area contributed by atoms with Crippen LogP contribution in [0.3, 0.4) is 0 Å². The van der Waals surface area contributed by atoms with Crippen LogP contribution >= 0.6 is 11.3 Å². The van der Waals surface area contributed by atoms with Gasteiger partial charge in [-0.25, -0.2) is 9.78 Å². The summed E-state index contributed by atoms with van der Waals surface area (Å²) in [6.45, 7) is 5.78. The highest BCUT2D eigenvalue weighted by molar-refractivity contribution is 7.07. The highest BCUT2D eigenvalue weighted by Gasteiger charge is 2.16. The number of H-pyrrole nitrogens is 1.